The van der Waals surface area contributed by atoms with Crippen molar-refractivity contribution in [2.45, 2.75) is 23.6 Å². The Morgan fingerprint density at radius 1 is 0.612 bits per heavy atom. The van der Waals surface area contributed by atoms with Gasteiger partial charge in [0.25, 0.3) is 10.1 Å². The van der Waals surface area contributed by atoms with Gasteiger partial charge in [0.2, 0.25) is 0 Å². The van der Waals surface area contributed by atoms with E-state index in [0.717, 1.165) is 9.80 Å². The summed E-state index contributed by atoms with van der Waals surface area (Å²) in [7, 11) is -4.42. The van der Waals surface area contributed by atoms with Crippen molar-refractivity contribution in [3.8, 4) is 11.5 Å². The molecule has 1 aliphatic heterocycles. The summed E-state index contributed by atoms with van der Waals surface area (Å²) in [6.45, 7) is -3.44. The molecule has 6 N–H and O–H groups in total. The van der Waals surface area contributed by atoms with Crippen molar-refractivity contribution in [2.24, 2.45) is 0 Å². The third-order valence-electron chi connectivity index (χ3n) is 6.97. The third-order valence-corrected chi connectivity index (χ3v) is 8.33. The summed E-state index contributed by atoms with van der Waals surface area (Å²) < 4.78 is 32.6. The number of carbonyl (C=O) groups is 4. The van der Waals surface area contributed by atoms with Crippen molar-refractivity contribution >= 4 is 152 Å². The number of aromatic hydroxyl groups is 2. The summed E-state index contributed by atoms with van der Waals surface area (Å²) in [5.41, 5.74) is -1.48. The molecule has 20 heteroatoms. The second kappa shape index (κ2) is 20.3. The number of fused-ring (bicyclic) bond motifs is 1. The third kappa shape index (κ3) is 11.7. The van der Waals surface area contributed by atoms with Crippen molar-refractivity contribution in [2.75, 3.05) is 26.2 Å². The monoisotopic (exact) mass is 736 g/mol. The molecular weight excluding hydrogens is 708 g/mol. The van der Waals surface area contributed by atoms with Gasteiger partial charge in [-0.15, -0.1) is 0 Å². The van der Waals surface area contributed by atoms with Gasteiger partial charge in [-0.25, -0.2) is 4.18 Å². The Labute approximate surface area is 369 Å². The fourth-order valence-electron chi connectivity index (χ4n) is 5.25. The molecule has 4 rings (SSSR count). The Balaban J connectivity index is 0.00000576. The molecule has 0 aliphatic carbocycles. The first-order valence-electron chi connectivity index (χ1n) is 13.1. The number of phenolic OH excluding ortho intramolecular Hbond substituents is 2. The molecule has 1 aliphatic rings. The van der Waals surface area contributed by atoms with Crippen molar-refractivity contribution in [3.63, 3.8) is 0 Å². The van der Waals surface area contributed by atoms with E-state index in [1.807, 2.05) is 0 Å². The van der Waals surface area contributed by atoms with Gasteiger partial charge in [-0.05, 0) is 41.5 Å². The quantitative estimate of drug-likeness (QED) is 0.0906. The SMILES string of the molecule is O=C(O)CN(CC(=O)O)Cc1cc(C2(c3ccc(O)c(CN(CC(=O)O)CC(=O)O)c3)OS(=O)(=O)c3ccccc32)ccc1O.[Na].[Na].[Na].[Na]. The molecule has 1 heterocycles. The van der Waals surface area contributed by atoms with Crippen molar-refractivity contribution in [1.82, 2.24) is 9.80 Å². The molecule has 49 heavy (non-hydrogen) atoms. The number of carboxylic acid groups (broad SMARTS) is 4. The summed E-state index contributed by atoms with van der Waals surface area (Å²) in [4.78, 5) is 47.4. The minimum Gasteiger partial charge on any atom is -0.508 e. The predicted octanol–water partition coefficient (Wildman–Crippen LogP) is -0.472. The van der Waals surface area contributed by atoms with Crippen LogP contribution in [0.3, 0.4) is 0 Å². The fraction of sp³-hybridized carbons (Fsp3) is 0.241. The number of hydrogen-bond acceptors (Lipinski definition) is 11. The molecule has 4 radical (unpaired) electrons. The Hall–Kier alpha value is -1.03. The summed E-state index contributed by atoms with van der Waals surface area (Å²) >= 11 is 0. The molecule has 0 saturated carbocycles. The van der Waals surface area contributed by atoms with Crippen LogP contribution in [0.4, 0.5) is 0 Å². The van der Waals surface area contributed by atoms with Crippen LogP contribution in [-0.2, 0) is 52.2 Å². The zero-order chi connectivity index (χ0) is 33.1. The van der Waals surface area contributed by atoms with E-state index in [0.29, 0.717) is 0 Å². The molecule has 3 aromatic carbocycles. The van der Waals surface area contributed by atoms with Gasteiger partial charge in [0.15, 0.2) is 5.60 Å². The zero-order valence-corrected chi connectivity index (χ0v) is 36.2. The van der Waals surface area contributed by atoms with E-state index in [9.17, 15) is 58.2 Å². The maximum absolute atomic E-state index is 13.4. The van der Waals surface area contributed by atoms with Crippen LogP contribution in [0, 0.1) is 0 Å². The average molecular weight is 737 g/mol. The van der Waals surface area contributed by atoms with Crippen LogP contribution >= 0.6 is 0 Å². The smallest absolute Gasteiger partial charge is 0.317 e. The van der Waals surface area contributed by atoms with E-state index in [4.69, 9.17) is 4.18 Å². The van der Waals surface area contributed by atoms with Crippen LogP contribution in [0.25, 0.3) is 0 Å². The van der Waals surface area contributed by atoms with Gasteiger partial charge in [-0.2, -0.15) is 8.42 Å². The van der Waals surface area contributed by atoms with E-state index < -0.39 is 65.8 Å². The summed E-state index contributed by atoms with van der Waals surface area (Å²) in [5.74, 6) is -5.96. The molecule has 0 unspecified atom stereocenters. The van der Waals surface area contributed by atoms with Gasteiger partial charge in [-0.1, -0.05) is 30.3 Å². The molecule has 0 fully saturated rings. The maximum Gasteiger partial charge on any atom is 0.317 e. The largest absolute Gasteiger partial charge is 0.508 e. The molecule has 0 amide bonds. The van der Waals surface area contributed by atoms with Crippen LogP contribution in [-0.4, -0.2) is 217 Å². The maximum atomic E-state index is 13.4. The van der Waals surface area contributed by atoms with E-state index in [1.165, 1.54) is 54.6 Å². The van der Waals surface area contributed by atoms with Gasteiger partial charge < -0.3 is 30.6 Å². The second-order valence-electron chi connectivity index (χ2n) is 10.3. The van der Waals surface area contributed by atoms with Crippen LogP contribution in [0.15, 0.2) is 65.6 Å². The van der Waals surface area contributed by atoms with Crippen LogP contribution in [0.1, 0.15) is 27.8 Å². The molecule has 0 aromatic heterocycles. The Morgan fingerprint density at radius 2 is 0.980 bits per heavy atom. The van der Waals surface area contributed by atoms with Gasteiger partial charge in [-0.3, -0.25) is 29.0 Å². The molecule has 0 bridgehead atoms. The number of carboxylic acids is 4. The minimum atomic E-state index is -4.42. The van der Waals surface area contributed by atoms with E-state index in [-0.39, 0.29) is 176 Å². The average Bonchev–Trinajstić information content (AvgIpc) is 3.17. The number of aliphatic carboxylic acids is 4. The van der Waals surface area contributed by atoms with Gasteiger partial charge >= 0.3 is 23.9 Å². The number of hydrogen-bond donors (Lipinski definition) is 6. The molecule has 242 valence electrons. The number of phenols is 2. The zero-order valence-electron chi connectivity index (χ0n) is 27.4. The van der Waals surface area contributed by atoms with Crippen molar-refractivity contribution < 1.29 is 62.4 Å². The Bertz CT molecular complexity index is 1670. The molecule has 0 spiro atoms. The van der Waals surface area contributed by atoms with E-state index in [1.54, 1.807) is 6.07 Å². The van der Waals surface area contributed by atoms with Crippen LogP contribution in [0.2, 0.25) is 0 Å². The van der Waals surface area contributed by atoms with Gasteiger partial charge in [0.05, 0.1) is 26.2 Å². The summed E-state index contributed by atoms with van der Waals surface area (Å²) in [6.07, 6.45) is 0. The number of rotatable bonds is 14. The fourth-order valence-corrected chi connectivity index (χ4v) is 6.68. The van der Waals surface area contributed by atoms with E-state index in [2.05, 4.69) is 0 Å². The van der Waals surface area contributed by atoms with Crippen LogP contribution < -0.4 is 0 Å². The summed E-state index contributed by atoms with van der Waals surface area (Å²) in [6, 6.07) is 13.7. The Kier molecular flexibility index (Phi) is 19.8. The van der Waals surface area contributed by atoms with Crippen molar-refractivity contribution in [3.05, 3.63) is 88.5 Å². The topological polar surface area (TPSA) is 240 Å². The van der Waals surface area contributed by atoms with Crippen LogP contribution in [0.5, 0.6) is 11.5 Å². The molecule has 0 atom stereocenters. The second-order valence-corrected chi connectivity index (χ2v) is 11.8. The first-order chi connectivity index (χ1) is 21.1. The first-order valence-corrected chi connectivity index (χ1v) is 14.5. The predicted molar refractivity (Wildman–Crippen MR) is 175 cm³/mol. The standard InChI is InChI=1S/C29H28N2O13S.4Na/c32-22-7-5-19(9-17(22)11-30(13-25(34)35)14-26(36)37)29(21-3-1-2-4-24(21)45(42,43)44-29)20-6-8-23(33)18(10-20)12-31(15-27(38)39)16-28(40)41;;;;/h1-10,32-33H,11-16H2,(H,34,35)(H,36,37)(H,38,39)(H,40,41);;;;. The van der Waals surface area contributed by atoms with Gasteiger partial charge in [0, 0.05) is 148 Å². The minimum absolute atomic E-state index is 0. The number of nitrogens with zero attached hydrogens (tertiary/aromatic N) is 2. The summed E-state index contributed by atoms with van der Waals surface area (Å²) in [5, 5.41) is 58.4. The van der Waals surface area contributed by atoms with Crippen molar-refractivity contribution in [1.29, 1.82) is 0 Å². The molecule has 3 aromatic rings. The first kappa shape index (κ1) is 48.0. The van der Waals surface area contributed by atoms with Gasteiger partial charge in [0.1, 0.15) is 16.4 Å². The molecular formula is C29H28N2Na4O13S. The molecule has 15 nitrogen and oxygen atoms in total. The normalized spacial score (nSPS) is 13.5. The number of benzene rings is 3. The molecule has 0 saturated heterocycles. The van der Waals surface area contributed by atoms with E-state index >= 15 is 0 Å². The Morgan fingerprint density at radius 3 is 1.35 bits per heavy atom.